The maximum absolute atomic E-state index is 12.7. The highest BCUT2D eigenvalue weighted by atomic mass is 32.1. The van der Waals surface area contributed by atoms with Crippen LogP contribution in [0.5, 0.6) is 0 Å². The Hall–Kier alpha value is -1.51. The number of carbonyl (C=O) groups excluding carboxylic acids is 2. The van der Waals surface area contributed by atoms with Gasteiger partial charge in [-0.25, -0.2) is 4.98 Å². The van der Waals surface area contributed by atoms with Crippen LogP contribution in [0.4, 0.5) is 0 Å². The van der Waals surface area contributed by atoms with Gasteiger partial charge < -0.3 is 15.0 Å². The second kappa shape index (κ2) is 8.67. The van der Waals surface area contributed by atoms with Gasteiger partial charge in [0.05, 0.1) is 18.7 Å². The molecule has 1 N–H and O–H groups in total. The molecule has 2 aliphatic heterocycles. The fourth-order valence-corrected chi connectivity index (χ4v) is 4.65. The Kier molecular flexibility index (Phi) is 6.04. The Morgan fingerprint density at radius 3 is 2.67 bits per heavy atom. The van der Waals surface area contributed by atoms with Crippen molar-refractivity contribution in [2.24, 2.45) is 5.92 Å². The van der Waals surface area contributed by atoms with Crippen molar-refractivity contribution in [3.05, 3.63) is 16.6 Å². The van der Waals surface area contributed by atoms with Crippen LogP contribution in [0.2, 0.25) is 0 Å². The van der Waals surface area contributed by atoms with Crippen molar-refractivity contribution >= 4 is 23.2 Å². The van der Waals surface area contributed by atoms with E-state index < -0.39 is 0 Å². The molecule has 2 amide bonds. The third-order valence-corrected chi connectivity index (χ3v) is 6.46. The zero-order valence-corrected chi connectivity index (χ0v) is 16.5. The zero-order chi connectivity index (χ0) is 18.6. The smallest absolute Gasteiger partial charge is 0.270 e. The molecule has 1 aromatic heterocycles. The number of morpholine rings is 1. The van der Waals surface area contributed by atoms with Crippen LogP contribution >= 0.6 is 11.3 Å². The first-order valence-electron chi connectivity index (χ1n) is 9.98. The molecule has 0 radical (unpaired) electrons. The number of nitrogens with one attached hydrogen (secondary N) is 1. The molecule has 27 heavy (non-hydrogen) atoms. The van der Waals surface area contributed by atoms with Crippen LogP contribution in [-0.4, -0.2) is 78.1 Å². The summed E-state index contributed by atoms with van der Waals surface area (Å²) in [6, 6.07) is 0.609. The van der Waals surface area contributed by atoms with Gasteiger partial charge in [0.2, 0.25) is 5.91 Å². The lowest BCUT2D eigenvalue weighted by Gasteiger charge is -2.33. The van der Waals surface area contributed by atoms with Crippen molar-refractivity contribution in [3.8, 4) is 0 Å². The minimum absolute atomic E-state index is 0.101. The van der Waals surface area contributed by atoms with E-state index in [4.69, 9.17) is 4.74 Å². The topological polar surface area (TPSA) is 74.8 Å². The number of ether oxygens (including phenoxy) is 1. The van der Waals surface area contributed by atoms with Crippen molar-refractivity contribution in [1.29, 1.82) is 0 Å². The highest BCUT2D eigenvalue weighted by Gasteiger charge is 2.38. The molecule has 3 fully saturated rings. The second-order valence-corrected chi connectivity index (χ2v) is 8.52. The zero-order valence-electron chi connectivity index (χ0n) is 15.6. The fraction of sp³-hybridized carbons (Fsp3) is 0.737. The number of amides is 2. The van der Waals surface area contributed by atoms with E-state index in [0.29, 0.717) is 57.0 Å². The summed E-state index contributed by atoms with van der Waals surface area (Å²) in [6.45, 7) is 4.40. The molecule has 0 unspecified atom stereocenters. The van der Waals surface area contributed by atoms with Crippen molar-refractivity contribution in [2.45, 2.75) is 44.2 Å². The molecule has 0 spiro atoms. The molecular weight excluding hydrogens is 364 g/mol. The normalized spacial score (nSPS) is 26.3. The van der Waals surface area contributed by atoms with E-state index in [0.717, 1.165) is 25.3 Å². The molecule has 1 saturated carbocycles. The van der Waals surface area contributed by atoms with Crippen LogP contribution in [0, 0.1) is 5.92 Å². The minimum atomic E-state index is -0.101. The monoisotopic (exact) mass is 392 g/mol. The molecule has 2 saturated heterocycles. The number of thiazole rings is 1. The van der Waals surface area contributed by atoms with Gasteiger partial charge in [0.25, 0.3) is 5.91 Å². The molecule has 3 heterocycles. The van der Waals surface area contributed by atoms with E-state index in [1.807, 2.05) is 4.90 Å². The number of hydrogen-bond donors (Lipinski definition) is 1. The molecule has 0 bridgehead atoms. The van der Waals surface area contributed by atoms with Crippen LogP contribution in [-0.2, 0) is 9.53 Å². The number of aromatic nitrogens is 1. The molecule has 1 aliphatic carbocycles. The van der Waals surface area contributed by atoms with Crippen LogP contribution in [0.25, 0.3) is 0 Å². The third-order valence-electron chi connectivity index (χ3n) is 5.87. The Bertz CT molecular complexity index is 643. The van der Waals surface area contributed by atoms with Crippen molar-refractivity contribution in [2.75, 3.05) is 39.4 Å². The average molecular weight is 393 g/mol. The van der Waals surface area contributed by atoms with Gasteiger partial charge in [0.15, 0.2) is 0 Å². The van der Waals surface area contributed by atoms with E-state index in [2.05, 4.69) is 15.2 Å². The summed E-state index contributed by atoms with van der Waals surface area (Å²) in [7, 11) is 0. The molecule has 7 nitrogen and oxygen atoms in total. The molecular formula is C19H28N4O3S. The first kappa shape index (κ1) is 18.8. The van der Waals surface area contributed by atoms with E-state index in [1.54, 1.807) is 10.9 Å². The van der Waals surface area contributed by atoms with Gasteiger partial charge in [0, 0.05) is 50.1 Å². The Morgan fingerprint density at radius 1 is 1.19 bits per heavy atom. The fourth-order valence-electron chi connectivity index (χ4n) is 4.12. The summed E-state index contributed by atoms with van der Waals surface area (Å²) in [6.07, 6.45) is 5.23. The minimum Gasteiger partial charge on any atom is -0.378 e. The first-order valence-corrected chi connectivity index (χ1v) is 10.9. The largest absolute Gasteiger partial charge is 0.378 e. The van der Waals surface area contributed by atoms with Gasteiger partial charge in [-0.3, -0.25) is 14.5 Å². The van der Waals surface area contributed by atoms with Crippen molar-refractivity contribution in [3.63, 3.8) is 0 Å². The van der Waals surface area contributed by atoms with Crippen molar-refractivity contribution < 1.29 is 14.3 Å². The number of nitrogens with zero attached hydrogens (tertiary/aromatic N) is 3. The van der Waals surface area contributed by atoms with Gasteiger partial charge in [-0.1, -0.05) is 0 Å². The summed E-state index contributed by atoms with van der Waals surface area (Å²) >= 11 is 1.43. The summed E-state index contributed by atoms with van der Waals surface area (Å²) in [4.78, 5) is 33.4. The maximum Gasteiger partial charge on any atom is 0.270 e. The number of carbonyl (C=O) groups is 2. The lowest BCUT2D eigenvalue weighted by molar-refractivity contribution is -0.136. The van der Waals surface area contributed by atoms with E-state index in [1.165, 1.54) is 24.2 Å². The molecule has 0 aromatic carbocycles. The van der Waals surface area contributed by atoms with E-state index in [9.17, 15) is 9.59 Å². The molecule has 4 rings (SSSR count). The number of hydrogen-bond acceptors (Lipinski definition) is 6. The SMILES string of the molecule is O=C(NC[C@@H]1CC[C@H](CC(=O)N2CCOCC2)N1CC1CC1)c1cscn1. The highest BCUT2D eigenvalue weighted by molar-refractivity contribution is 7.07. The predicted molar refractivity (Wildman–Crippen MR) is 103 cm³/mol. The predicted octanol–water partition coefficient (Wildman–Crippen LogP) is 1.36. The molecule has 148 valence electrons. The van der Waals surface area contributed by atoms with Gasteiger partial charge >= 0.3 is 0 Å². The Balaban J connectivity index is 1.33. The quantitative estimate of drug-likeness (QED) is 0.759. The summed E-state index contributed by atoms with van der Waals surface area (Å²) < 4.78 is 5.36. The van der Waals surface area contributed by atoms with E-state index >= 15 is 0 Å². The lowest BCUT2D eigenvalue weighted by Crippen LogP contribution is -2.47. The summed E-state index contributed by atoms with van der Waals surface area (Å²) in [5.41, 5.74) is 2.17. The van der Waals surface area contributed by atoms with Crippen LogP contribution in [0.1, 0.15) is 42.6 Å². The maximum atomic E-state index is 12.7. The van der Waals surface area contributed by atoms with Gasteiger partial charge in [-0.15, -0.1) is 11.3 Å². The number of rotatable bonds is 7. The highest BCUT2D eigenvalue weighted by Crippen LogP contribution is 2.35. The van der Waals surface area contributed by atoms with Gasteiger partial charge in [-0.2, -0.15) is 0 Å². The van der Waals surface area contributed by atoms with Crippen LogP contribution in [0.15, 0.2) is 10.9 Å². The molecule has 2 atom stereocenters. The van der Waals surface area contributed by atoms with E-state index in [-0.39, 0.29) is 11.8 Å². The Labute approximate surface area is 164 Å². The van der Waals surface area contributed by atoms with Crippen molar-refractivity contribution in [1.82, 2.24) is 20.1 Å². The molecule has 1 aromatic rings. The number of likely N-dealkylation sites (tertiary alicyclic amines) is 1. The third kappa shape index (κ3) is 4.86. The Morgan fingerprint density at radius 2 is 1.96 bits per heavy atom. The lowest BCUT2D eigenvalue weighted by atomic mass is 10.1. The standard InChI is InChI=1S/C19H28N4O3S/c24-18(22-5-7-26-8-6-22)9-15-3-4-16(23(15)11-14-1-2-14)10-20-19(25)17-12-27-13-21-17/h12-16H,1-11H2,(H,20,25)/t15-,16+/m1/s1. The van der Waals surface area contributed by atoms with Gasteiger partial charge in [0.1, 0.15) is 5.69 Å². The van der Waals surface area contributed by atoms with Gasteiger partial charge in [-0.05, 0) is 31.6 Å². The average Bonchev–Trinajstić information content (AvgIpc) is 3.19. The summed E-state index contributed by atoms with van der Waals surface area (Å²) in [5, 5.41) is 4.81. The van der Waals surface area contributed by atoms with Crippen LogP contribution in [0.3, 0.4) is 0 Å². The first-order chi connectivity index (χ1) is 13.2. The summed E-state index contributed by atoms with van der Waals surface area (Å²) in [5.74, 6) is 0.910. The van der Waals surface area contributed by atoms with Crippen LogP contribution < -0.4 is 5.32 Å². The molecule has 8 heteroatoms. The second-order valence-electron chi connectivity index (χ2n) is 7.81. The molecule has 3 aliphatic rings.